The predicted octanol–water partition coefficient (Wildman–Crippen LogP) is 4.35. The molecule has 2 aromatic carbocycles. The molecule has 3 rings (SSSR count). The molecule has 3 aromatic rings. The number of hydrogen-bond donors (Lipinski definition) is 0. The van der Waals surface area contributed by atoms with E-state index < -0.39 is 0 Å². The van der Waals surface area contributed by atoms with Gasteiger partial charge in [-0.05, 0) is 34.1 Å². The van der Waals surface area contributed by atoms with Crippen molar-refractivity contribution in [2.75, 3.05) is 0 Å². The third-order valence-electron chi connectivity index (χ3n) is 4.06. The van der Waals surface area contributed by atoms with Crippen LogP contribution in [-0.2, 0) is 12.0 Å². The molecule has 0 aliphatic rings. The van der Waals surface area contributed by atoms with Crippen molar-refractivity contribution in [2.45, 2.75) is 32.7 Å². The first-order valence-electron chi connectivity index (χ1n) is 7.63. The molecule has 0 spiro atoms. The van der Waals surface area contributed by atoms with E-state index in [0.29, 0.717) is 6.54 Å². The molecule has 0 fully saturated rings. The van der Waals surface area contributed by atoms with Gasteiger partial charge in [0.2, 0.25) is 0 Å². The quantitative estimate of drug-likeness (QED) is 0.688. The Labute approximate surface area is 131 Å². The van der Waals surface area contributed by atoms with Crippen molar-refractivity contribution in [1.29, 1.82) is 0 Å². The highest BCUT2D eigenvalue weighted by Crippen LogP contribution is 2.22. The minimum atomic E-state index is 0.0404. The summed E-state index contributed by atoms with van der Waals surface area (Å²) in [5.74, 6) is 0. The van der Waals surface area contributed by atoms with Gasteiger partial charge < -0.3 is 4.57 Å². The van der Waals surface area contributed by atoms with E-state index in [0.717, 1.165) is 16.5 Å². The summed E-state index contributed by atoms with van der Waals surface area (Å²) in [5.41, 5.74) is 3.62. The molecule has 0 aliphatic carbocycles. The van der Waals surface area contributed by atoms with E-state index in [1.165, 1.54) is 5.56 Å². The van der Waals surface area contributed by atoms with Crippen LogP contribution in [0.4, 0.5) is 0 Å². The highest BCUT2D eigenvalue weighted by atomic mass is 16.1. The van der Waals surface area contributed by atoms with Crippen molar-refractivity contribution in [3.8, 4) is 0 Å². The Balaban J connectivity index is 2.00. The van der Waals surface area contributed by atoms with Gasteiger partial charge in [-0.2, -0.15) is 0 Å². The molecule has 0 saturated heterocycles. The van der Waals surface area contributed by atoms with Crippen LogP contribution in [0.15, 0.2) is 65.5 Å². The van der Waals surface area contributed by atoms with Crippen molar-refractivity contribution in [1.82, 2.24) is 4.57 Å². The number of fused-ring (bicyclic) bond motifs is 1. The van der Waals surface area contributed by atoms with Crippen LogP contribution in [-0.4, -0.2) is 4.57 Å². The van der Waals surface area contributed by atoms with E-state index in [-0.39, 0.29) is 11.0 Å². The zero-order chi connectivity index (χ0) is 15.7. The lowest BCUT2D eigenvalue weighted by atomic mass is 9.87. The smallest absolute Gasteiger partial charge is 0.251 e. The number of pyridine rings is 1. The van der Waals surface area contributed by atoms with Gasteiger partial charge in [0.05, 0.1) is 12.1 Å². The third kappa shape index (κ3) is 2.82. The van der Waals surface area contributed by atoms with E-state index in [9.17, 15) is 4.79 Å². The normalized spacial score (nSPS) is 11.8. The lowest BCUT2D eigenvalue weighted by molar-refractivity contribution is 0.589. The Morgan fingerprint density at radius 2 is 1.55 bits per heavy atom. The summed E-state index contributed by atoms with van der Waals surface area (Å²) in [6.45, 7) is 7.22. The molecular formula is C20H21NO. The average Bonchev–Trinajstić information content (AvgIpc) is 2.50. The van der Waals surface area contributed by atoms with Crippen LogP contribution >= 0.6 is 0 Å². The summed E-state index contributed by atoms with van der Waals surface area (Å²) in [4.78, 5) is 12.2. The van der Waals surface area contributed by atoms with E-state index >= 15 is 0 Å². The maximum absolute atomic E-state index is 12.2. The first kappa shape index (κ1) is 14.6. The highest BCUT2D eigenvalue weighted by Gasteiger charge is 2.13. The molecule has 0 bridgehead atoms. The van der Waals surface area contributed by atoms with E-state index in [1.54, 1.807) is 6.07 Å². The number of para-hydroxylation sites is 1. The van der Waals surface area contributed by atoms with Crippen LogP contribution in [0.3, 0.4) is 0 Å². The first-order valence-corrected chi connectivity index (χ1v) is 7.63. The molecule has 2 heteroatoms. The van der Waals surface area contributed by atoms with E-state index in [2.05, 4.69) is 45.0 Å². The molecule has 0 unspecified atom stereocenters. The zero-order valence-electron chi connectivity index (χ0n) is 13.3. The molecular weight excluding hydrogens is 270 g/mol. The summed E-state index contributed by atoms with van der Waals surface area (Å²) >= 11 is 0. The Hall–Kier alpha value is -2.35. The zero-order valence-corrected chi connectivity index (χ0v) is 13.3. The van der Waals surface area contributed by atoms with Crippen LogP contribution in [0.5, 0.6) is 0 Å². The Bertz CT molecular complexity index is 851. The summed E-state index contributed by atoms with van der Waals surface area (Å²) in [5, 5.41) is 1.09. The molecule has 0 amide bonds. The van der Waals surface area contributed by atoms with Crippen LogP contribution in [0, 0.1) is 0 Å². The van der Waals surface area contributed by atoms with E-state index in [4.69, 9.17) is 0 Å². The van der Waals surface area contributed by atoms with Gasteiger partial charge in [0.1, 0.15) is 0 Å². The molecule has 0 atom stereocenters. The fourth-order valence-corrected chi connectivity index (χ4v) is 2.70. The van der Waals surface area contributed by atoms with Gasteiger partial charge in [-0.15, -0.1) is 0 Å². The van der Waals surface area contributed by atoms with Gasteiger partial charge in [0.15, 0.2) is 0 Å². The van der Waals surface area contributed by atoms with Crippen LogP contribution < -0.4 is 5.56 Å². The minimum Gasteiger partial charge on any atom is -0.304 e. The lowest BCUT2D eigenvalue weighted by Gasteiger charge is -2.19. The van der Waals surface area contributed by atoms with E-state index in [1.807, 2.05) is 34.9 Å². The standard InChI is InChI=1S/C20H21NO/c1-20(2,3)17-11-8-15(9-12-17)14-21-18-7-5-4-6-16(18)10-13-19(21)22/h4-13H,14H2,1-3H3. The molecule has 1 aromatic heterocycles. The van der Waals surface area contributed by atoms with Gasteiger partial charge in [0, 0.05) is 6.07 Å². The number of benzene rings is 2. The van der Waals surface area contributed by atoms with Gasteiger partial charge in [-0.3, -0.25) is 4.79 Å². The van der Waals surface area contributed by atoms with Crippen molar-refractivity contribution >= 4 is 10.9 Å². The molecule has 0 radical (unpaired) electrons. The van der Waals surface area contributed by atoms with Crippen molar-refractivity contribution in [3.63, 3.8) is 0 Å². The minimum absolute atomic E-state index is 0.0404. The number of rotatable bonds is 2. The SMILES string of the molecule is CC(C)(C)c1ccc(Cn2c(=O)ccc3ccccc32)cc1. The second kappa shape index (κ2) is 5.45. The maximum atomic E-state index is 12.2. The fourth-order valence-electron chi connectivity index (χ4n) is 2.70. The van der Waals surface area contributed by atoms with Gasteiger partial charge in [-0.1, -0.05) is 63.2 Å². The average molecular weight is 291 g/mol. The summed E-state index contributed by atoms with van der Waals surface area (Å²) < 4.78 is 1.83. The molecule has 112 valence electrons. The number of nitrogens with zero attached hydrogens (tertiary/aromatic N) is 1. The maximum Gasteiger partial charge on any atom is 0.251 e. The number of aromatic nitrogens is 1. The number of hydrogen-bond acceptors (Lipinski definition) is 1. The van der Waals surface area contributed by atoms with Crippen molar-refractivity contribution in [2.24, 2.45) is 0 Å². The summed E-state index contributed by atoms with van der Waals surface area (Å²) in [6.07, 6.45) is 0. The second-order valence-electron chi connectivity index (χ2n) is 6.76. The van der Waals surface area contributed by atoms with Crippen LogP contribution in [0.1, 0.15) is 31.9 Å². The summed E-state index contributed by atoms with van der Waals surface area (Å²) in [6, 6.07) is 20.1. The van der Waals surface area contributed by atoms with Gasteiger partial charge >= 0.3 is 0 Å². The van der Waals surface area contributed by atoms with Crippen molar-refractivity contribution in [3.05, 3.63) is 82.1 Å². The Kier molecular flexibility index (Phi) is 3.61. The molecule has 0 N–H and O–H groups in total. The summed E-state index contributed by atoms with van der Waals surface area (Å²) in [7, 11) is 0. The van der Waals surface area contributed by atoms with Crippen molar-refractivity contribution < 1.29 is 0 Å². The predicted molar refractivity (Wildman–Crippen MR) is 92.5 cm³/mol. The third-order valence-corrected chi connectivity index (χ3v) is 4.06. The second-order valence-corrected chi connectivity index (χ2v) is 6.76. The van der Waals surface area contributed by atoms with Gasteiger partial charge in [0.25, 0.3) is 5.56 Å². The Morgan fingerprint density at radius 1 is 0.864 bits per heavy atom. The Morgan fingerprint density at radius 3 is 2.23 bits per heavy atom. The molecule has 0 aliphatic heterocycles. The first-order chi connectivity index (χ1) is 10.4. The lowest BCUT2D eigenvalue weighted by Crippen LogP contribution is -2.20. The van der Waals surface area contributed by atoms with Crippen LogP contribution in [0.25, 0.3) is 10.9 Å². The highest BCUT2D eigenvalue weighted by molar-refractivity contribution is 5.78. The topological polar surface area (TPSA) is 22.0 Å². The molecule has 2 nitrogen and oxygen atoms in total. The monoisotopic (exact) mass is 291 g/mol. The largest absolute Gasteiger partial charge is 0.304 e. The molecule has 22 heavy (non-hydrogen) atoms. The molecule has 0 saturated carbocycles. The molecule has 1 heterocycles. The van der Waals surface area contributed by atoms with Gasteiger partial charge in [-0.25, -0.2) is 0 Å². The fraction of sp³-hybridized carbons (Fsp3) is 0.250. The van der Waals surface area contributed by atoms with Crippen LogP contribution in [0.2, 0.25) is 0 Å².